The summed E-state index contributed by atoms with van der Waals surface area (Å²) in [6, 6.07) is 6.65. The topological polar surface area (TPSA) is 3.24 Å². The minimum Gasteiger partial charge on any atom is -0.371 e. The molecule has 0 saturated carbocycles. The molecule has 0 aliphatic carbocycles. The van der Waals surface area contributed by atoms with E-state index in [-0.39, 0.29) is 0 Å². The van der Waals surface area contributed by atoms with Gasteiger partial charge in [0, 0.05) is 18.8 Å². The third-order valence-electron chi connectivity index (χ3n) is 3.66. The Morgan fingerprint density at radius 1 is 1.24 bits per heavy atom. The van der Waals surface area contributed by atoms with E-state index in [1.807, 2.05) is 0 Å². The molecule has 17 heavy (non-hydrogen) atoms. The Balaban J connectivity index is 2.38. The summed E-state index contributed by atoms with van der Waals surface area (Å²) >= 11 is 0. The van der Waals surface area contributed by atoms with Crippen LogP contribution in [0.5, 0.6) is 0 Å². The summed E-state index contributed by atoms with van der Waals surface area (Å²) in [6.07, 6.45) is 5.15. The van der Waals surface area contributed by atoms with Crippen molar-refractivity contribution in [1.82, 2.24) is 0 Å². The Kier molecular flexibility index (Phi) is 3.88. The molecule has 0 bridgehead atoms. The molecule has 1 heterocycles. The highest BCUT2D eigenvalue weighted by molar-refractivity contribution is 5.71. The van der Waals surface area contributed by atoms with Crippen LogP contribution in [0.2, 0.25) is 0 Å². The molecule has 1 aliphatic rings. The molecule has 0 amide bonds. The molecule has 0 atom stereocenters. The average Bonchev–Trinajstić information content (AvgIpc) is 2.38. The molecule has 1 aromatic rings. The third-order valence-corrected chi connectivity index (χ3v) is 3.66. The number of hydrogen-bond donors (Lipinski definition) is 0. The van der Waals surface area contributed by atoms with E-state index < -0.39 is 0 Å². The molecule has 0 N–H and O–H groups in total. The van der Waals surface area contributed by atoms with Crippen LogP contribution in [0, 0.1) is 0 Å². The Labute approximate surface area is 105 Å². The van der Waals surface area contributed by atoms with E-state index in [4.69, 9.17) is 0 Å². The Bertz CT molecular complexity index is 400. The van der Waals surface area contributed by atoms with Crippen LogP contribution in [-0.4, -0.2) is 13.1 Å². The first-order valence-electron chi connectivity index (χ1n) is 6.76. The fourth-order valence-corrected chi connectivity index (χ4v) is 2.78. The average molecular weight is 229 g/mol. The van der Waals surface area contributed by atoms with E-state index in [2.05, 4.69) is 43.5 Å². The molecular weight excluding hydrogens is 206 g/mol. The molecule has 0 radical (unpaired) electrons. The lowest BCUT2D eigenvalue weighted by molar-refractivity contribution is 0.576. The van der Waals surface area contributed by atoms with Gasteiger partial charge < -0.3 is 4.90 Å². The van der Waals surface area contributed by atoms with Gasteiger partial charge >= 0.3 is 0 Å². The number of nitrogens with zero attached hydrogens (tertiary/aromatic N) is 1. The number of allylic oxidation sites excluding steroid dienone is 1. The van der Waals surface area contributed by atoms with Gasteiger partial charge in [0.25, 0.3) is 0 Å². The maximum Gasteiger partial charge on any atom is 0.0404 e. The summed E-state index contributed by atoms with van der Waals surface area (Å²) in [5.74, 6) is 0. The summed E-state index contributed by atoms with van der Waals surface area (Å²) < 4.78 is 0. The van der Waals surface area contributed by atoms with Gasteiger partial charge in [0.15, 0.2) is 0 Å². The van der Waals surface area contributed by atoms with E-state index in [1.165, 1.54) is 54.7 Å². The largest absolute Gasteiger partial charge is 0.371 e. The molecule has 0 unspecified atom stereocenters. The molecule has 1 aliphatic heterocycles. The second-order valence-corrected chi connectivity index (χ2v) is 4.98. The highest BCUT2D eigenvalue weighted by Gasteiger charge is 2.15. The van der Waals surface area contributed by atoms with Crippen LogP contribution in [0.3, 0.4) is 0 Å². The predicted octanol–water partition coefficient (Wildman–Crippen LogP) is 4.27. The second kappa shape index (κ2) is 5.39. The van der Waals surface area contributed by atoms with Gasteiger partial charge in [-0.25, -0.2) is 0 Å². The van der Waals surface area contributed by atoms with Crippen LogP contribution >= 0.6 is 0 Å². The van der Waals surface area contributed by atoms with Crippen LogP contribution < -0.4 is 4.90 Å². The van der Waals surface area contributed by atoms with Crippen molar-refractivity contribution in [1.29, 1.82) is 0 Å². The third kappa shape index (κ3) is 2.54. The van der Waals surface area contributed by atoms with E-state index >= 15 is 0 Å². The smallest absolute Gasteiger partial charge is 0.0404 e. The van der Waals surface area contributed by atoms with Gasteiger partial charge in [-0.1, -0.05) is 31.2 Å². The van der Waals surface area contributed by atoms with Gasteiger partial charge in [-0.15, -0.1) is 0 Å². The van der Waals surface area contributed by atoms with Gasteiger partial charge in [-0.2, -0.15) is 0 Å². The Hall–Kier alpha value is -1.24. The molecular formula is C16H23N. The van der Waals surface area contributed by atoms with Crippen LogP contribution in [0.1, 0.15) is 44.2 Å². The number of benzene rings is 1. The van der Waals surface area contributed by atoms with Crippen LogP contribution in [-0.2, 0) is 6.42 Å². The molecule has 0 spiro atoms. The van der Waals surface area contributed by atoms with Crippen LogP contribution in [0.4, 0.5) is 5.69 Å². The van der Waals surface area contributed by atoms with Crippen molar-refractivity contribution < 1.29 is 0 Å². The molecule has 0 aromatic heterocycles. The van der Waals surface area contributed by atoms with Gasteiger partial charge in [-0.3, -0.25) is 0 Å². The van der Waals surface area contributed by atoms with E-state index in [9.17, 15) is 0 Å². The Morgan fingerprint density at radius 2 is 1.94 bits per heavy atom. The van der Waals surface area contributed by atoms with Crippen molar-refractivity contribution >= 4 is 11.3 Å². The van der Waals surface area contributed by atoms with E-state index in [0.29, 0.717) is 0 Å². The summed E-state index contributed by atoms with van der Waals surface area (Å²) in [5, 5.41) is 0. The zero-order valence-corrected chi connectivity index (χ0v) is 11.1. The monoisotopic (exact) mass is 229 g/mol. The summed E-state index contributed by atoms with van der Waals surface area (Å²) in [4.78, 5) is 2.55. The van der Waals surface area contributed by atoms with Gasteiger partial charge in [-0.05, 0) is 49.8 Å². The number of hydrogen-bond acceptors (Lipinski definition) is 1. The maximum atomic E-state index is 4.10. The first-order chi connectivity index (χ1) is 8.24. The lowest BCUT2D eigenvalue weighted by Crippen LogP contribution is -2.30. The van der Waals surface area contributed by atoms with E-state index in [0.717, 1.165) is 6.42 Å². The zero-order chi connectivity index (χ0) is 12.3. The van der Waals surface area contributed by atoms with Crippen molar-refractivity contribution in [2.24, 2.45) is 0 Å². The van der Waals surface area contributed by atoms with Crippen molar-refractivity contribution in [3.63, 3.8) is 0 Å². The fraction of sp³-hybridized carbons (Fsp3) is 0.500. The molecule has 1 saturated heterocycles. The normalized spacial score (nSPS) is 16.0. The second-order valence-electron chi connectivity index (χ2n) is 4.98. The van der Waals surface area contributed by atoms with Crippen molar-refractivity contribution in [2.75, 3.05) is 18.0 Å². The van der Waals surface area contributed by atoms with Crippen LogP contribution in [0.15, 0.2) is 24.8 Å². The minimum atomic E-state index is 1.09. The van der Waals surface area contributed by atoms with Gasteiger partial charge in [0.2, 0.25) is 0 Å². The molecule has 1 fully saturated rings. The lowest BCUT2D eigenvalue weighted by atomic mass is 9.96. The lowest BCUT2D eigenvalue weighted by Gasteiger charge is -2.31. The van der Waals surface area contributed by atoms with Crippen molar-refractivity contribution in [2.45, 2.75) is 39.5 Å². The fourth-order valence-electron chi connectivity index (χ4n) is 2.78. The summed E-state index contributed by atoms with van der Waals surface area (Å²) in [7, 11) is 0. The standard InChI is InChI=1S/C16H23N/c1-4-14-15(13(2)3)9-8-10-16(14)17-11-6-5-7-12-17/h8-10H,2,4-7,11-12H2,1,3H3. The van der Waals surface area contributed by atoms with Gasteiger partial charge in [0.05, 0.1) is 0 Å². The molecule has 2 rings (SSSR count). The van der Waals surface area contributed by atoms with Crippen LogP contribution in [0.25, 0.3) is 5.57 Å². The van der Waals surface area contributed by atoms with Gasteiger partial charge in [0.1, 0.15) is 0 Å². The highest BCUT2D eigenvalue weighted by Crippen LogP contribution is 2.30. The zero-order valence-electron chi connectivity index (χ0n) is 11.1. The molecule has 92 valence electrons. The Morgan fingerprint density at radius 3 is 2.53 bits per heavy atom. The van der Waals surface area contributed by atoms with Crippen molar-refractivity contribution in [3.05, 3.63) is 35.9 Å². The summed E-state index contributed by atoms with van der Waals surface area (Å²) in [5.41, 5.74) is 5.44. The number of piperidine rings is 1. The first kappa shape index (κ1) is 12.2. The summed E-state index contributed by atoms with van der Waals surface area (Å²) in [6.45, 7) is 10.9. The molecule has 1 nitrogen and oxygen atoms in total. The van der Waals surface area contributed by atoms with E-state index in [1.54, 1.807) is 0 Å². The highest BCUT2D eigenvalue weighted by atomic mass is 15.1. The minimum absolute atomic E-state index is 1.09. The van der Waals surface area contributed by atoms with Crippen molar-refractivity contribution in [3.8, 4) is 0 Å². The molecule has 1 aromatic carbocycles. The first-order valence-corrected chi connectivity index (χ1v) is 6.76. The number of rotatable bonds is 3. The SMILES string of the molecule is C=C(C)c1cccc(N2CCCCC2)c1CC. The predicted molar refractivity (Wildman–Crippen MR) is 76.6 cm³/mol. The molecule has 1 heteroatoms. The quantitative estimate of drug-likeness (QED) is 0.748. The number of anilines is 1. The maximum absolute atomic E-state index is 4.10.